The molecule has 80 valence electrons. The van der Waals surface area contributed by atoms with E-state index >= 15 is 0 Å². The molecule has 0 aliphatic carbocycles. The second-order valence-corrected chi connectivity index (χ2v) is 4.70. The first-order valence-electron chi connectivity index (χ1n) is 5.40. The van der Waals surface area contributed by atoms with Crippen LogP contribution in [0.25, 0.3) is 10.1 Å². The Morgan fingerprint density at radius 2 is 2.27 bits per heavy atom. The van der Waals surface area contributed by atoms with E-state index in [9.17, 15) is 4.79 Å². The Kier molecular flexibility index (Phi) is 3.21. The lowest BCUT2D eigenvalue weighted by atomic mass is 10.1. The molecule has 0 bridgehead atoms. The third-order valence-corrected chi connectivity index (χ3v) is 3.48. The number of unbranched alkanes of at least 4 members (excludes halogenated alkanes) is 2. The van der Waals surface area contributed by atoms with E-state index in [-0.39, 0.29) is 5.56 Å². The van der Waals surface area contributed by atoms with Gasteiger partial charge in [-0.25, -0.2) is 0 Å². The Hall–Kier alpha value is -1.09. The van der Waals surface area contributed by atoms with Gasteiger partial charge in [0.1, 0.15) is 0 Å². The van der Waals surface area contributed by atoms with E-state index in [2.05, 4.69) is 18.0 Å². The highest BCUT2D eigenvalue weighted by atomic mass is 32.1. The summed E-state index contributed by atoms with van der Waals surface area (Å²) in [4.78, 5) is 14.6. The normalized spacial score (nSPS) is 11.0. The van der Waals surface area contributed by atoms with Crippen LogP contribution in [0.5, 0.6) is 0 Å². The molecule has 0 saturated carbocycles. The number of pyridine rings is 1. The summed E-state index contributed by atoms with van der Waals surface area (Å²) in [5.41, 5.74) is 1.13. The van der Waals surface area contributed by atoms with Crippen molar-refractivity contribution in [3.8, 4) is 0 Å². The first-order valence-corrected chi connectivity index (χ1v) is 6.28. The zero-order valence-electron chi connectivity index (χ0n) is 8.88. The lowest BCUT2D eigenvalue weighted by Gasteiger charge is -2.00. The van der Waals surface area contributed by atoms with Gasteiger partial charge in [0.15, 0.2) is 0 Å². The molecule has 2 aromatic rings. The van der Waals surface area contributed by atoms with Crippen LogP contribution in [0.4, 0.5) is 0 Å². The van der Waals surface area contributed by atoms with Gasteiger partial charge in [-0.2, -0.15) is 0 Å². The number of thiophene rings is 1. The van der Waals surface area contributed by atoms with Crippen LogP contribution in [0, 0.1) is 0 Å². The largest absolute Gasteiger partial charge is 0.325 e. The van der Waals surface area contributed by atoms with E-state index in [1.54, 1.807) is 0 Å². The maximum absolute atomic E-state index is 11.6. The van der Waals surface area contributed by atoms with E-state index in [1.165, 1.54) is 24.2 Å². The summed E-state index contributed by atoms with van der Waals surface area (Å²) in [6.07, 6.45) is 4.57. The Balaban J connectivity index is 2.25. The van der Waals surface area contributed by atoms with Gasteiger partial charge in [0.25, 0.3) is 5.56 Å². The number of fused-ring (bicyclic) bond motifs is 1. The fourth-order valence-corrected chi connectivity index (χ4v) is 2.52. The van der Waals surface area contributed by atoms with E-state index in [4.69, 9.17) is 0 Å². The summed E-state index contributed by atoms with van der Waals surface area (Å²) in [6, 6.07) is 4.11. The van der Waals surface area contributed by atoms with Crippen molar-refractivity contribution >= 4 is 21.4 Å². The molecule has 0 aliphatic heterocycles. The van der Waals surface area contributed by atoms with Gasteiger partial charge in [0.05, 0.1) is 4.70 Å². The summed E-state index contributed by atoms with van der Waals surface area (Å²) in [5, 5.41) is 3.05. The third-order valence-electron chi connectivity index (χ3n) is 2.56. The molecular weight excluding hydrogens is 206 g/mol. The van der Waals surface area contributed by atoms with Gasteiger partial charge in [-0.15, -0.1) is 11.3 Å². The molecule has 0 aliphatic rings. The molecule has 3 heteroatoms. The maximum Gasteiger partial charge on any atom is 0.266 e. The smallest absolute Gasteiger partial charge is 0.266 e. The van der Waals surface area contributed by atoms with Crippen LogP contribution in [-0.4, -0.2) is 4.98 Å². The molecule has 2 aromatic heterocycles. The second kappa shape index (κ2) is 4.62. The van der Waals surface area contributed by atoms with E-state index in [0.29, 0.717) is 0 Å². The summed E-state index contributed by atoms with van der Waals surface area (Å²) in [7, 11) is 0. The van der Waals surface area contributed by atoms with Crippen LogP contribution in [0.2, 0.25) is 0 Å². The molecule has 15 heavy (non-hydrogen) atoms. The maximum atomic E-state index is 11.6. The highest BCUT2D eigenvalue weighted by Crippen LogP contribution is 2.17. The van der Waals surface area contributed by atoms with Gasteiger partial charge in [-0.1, -0.05) is 19.8 Å². The lowest BCUT2D eigenvalue weighted by molar-refractivity contribution is 0.707. The molecule has 1 N–H and O–H groups in total. The Morgan fingerprint density at radius 1 is 1.40 bits per heavy atom. The van der Waals surface area contributed by atoms with E-state index in [1.807, 2.05) is 11.4 Å². The van der Waals surface area contributed by atoms with Gasteiger partial charge >= 0.3 is 0 Å². The van der Waals surface area contributed by atoms with Crippen LogP contribution in [0.3, 0.4) is 0 Å². The van der Waals surface area contributed by atoms with Crippen LogP contribution in [0.15, 0.2) is 22.3 Å². The zero-order chi connectivity index (χ0) is 10.7. The quantitative estimate of drug-likeness (QED) is 0.789. The number of rotatable bonds is 4. The van der Waals surface area contributed by atoms with Crippen molar-refractivity contribution in [3.63, 3.8) is 0 Å². The van der Waals surface area contributed by atoms with Crippen LogP contribution in [0.1, 0.15) is 31.9 Å². The predicted octanol–water partition coefficient (Wildman–Crippen LogP) is 3.32. The van der Waals surface area contributed by atoms with Gasteiger partial charge in [0, 0.05) is 5.69 Å². The van der Waals surface area contributed by atoms with Gasteiger partial charge in [-0.3, -0.25) is 4.79 Å². The Bertz CT molecular complexity index is 498. The van der Waals surface area contributed by atoms with Gasteiger partial charge in [0.2, 0.25) is 0 Å². The van der Waals surface area contributed by atoms with Crippen molar-refractivity contribution in [2.75, 3.05) is 0 Å². The van der Waals surface area contributed by atoms with Crippen molar-refractivity contribution in [2.45, 2.75) is 32.6 Å². The molecule has 0 fully saturated rings. The Labute approximate surface area is 93.0 Å². The average molecular weight is 221 g/mol. The Morgan fingerprint density at radius 3 is 3.07 bits per heavy atom. The van der Waals surface area contributed by atoms with Crippen molar-refractivity contribution in [3.05, 3.63) is 33.6 Å². The number of hydrogen-bond donors (Lipinski definition) is 1. The lowest BCUT2D eigenvalue weighted by Crippen LogP contribution is -2.07. The van der Waals surface area contributed by atoms with E-state index in [0.717, 1.165) is 28.6 Å². The number of hydrogen-bond acceptors (Lipinski definition) is 2. The molecule has 0 unspecified atom stereocenters. The fourth-order valence-electron chi connectivity index (χ4n) is 1.74. The minimum atomic E-state index is 0.0639. The number of aromatic nitrogens is 1. The van der Waals surface area contributed by atoms with Gasteiger partial charge in [-0.05, 0) is 35.7 Å². The summed E-state index contributed by atoms with van der Waals surface area (Å²) in [6.45, 7) is 2.19. The van der Waals surface area contributed by atoms with Gasteiger partial charge < -0.3 is 4.98 Å². The van der Waals surface area contributed by atoms with Crippen molar-refractivity contribution < 1.29 is 0 Å². The highest BCUT2D eigenvalue weighted by molar-refractivity contribution is 7.17. The first-order chi connectivity index (χ1) is 7.31. The van der Waals surface area contributed by atoms with E-state index < -0.39 is 0 Å². The molecule has 0 saturated heterocycles. The number of nitrogens with one attached hydrogen (secondary N) is 1. The molecule has 2 heterocycles. The fraction of sp³-hybridized carbons (Fsp3) is 0.417. The summed E-state index contributed by atoms with van der Waals surface area (Å²) in [5.74, 6) is 0. The topological polar surface area (TPSA) is 32.9 Å². The number of H-pyrrole nitrogens is 1. The third kappa shape index (κ3) is 2.29. The first kappa shape index (κ1) is 10.4. The van der Waals surface area contributed by atoms with Crippen LogP contribution < -0.4 is 5.56 Å². The monoisotopic (exact) mass is 221 g/mol. The number of aromatic amines is 1. The zero-order valence-corrected chi connectivity index (χ0v) is 9.69. The molecule has 0 atom stereocenters. The molecule has 0 amide bonds. The molecule has 2 rings (SSSR count). The average Bonchev–Trinajstić information content (AvgIpc) is 2.66. The second-order valence-electron chi connectivity index (χ2n) is 3.79. The van der Waals surface area contributed by atoms with Crippen molar-refractivity contribution in [1.29, 1.82) is 0 Å². The molecule has 0 radical (unpaired) electrons. The minimum absolute atomic E-state index is 0.0639. The SMILES string of the molecule is CCCCCc1cc2ccsc2c(=O)[nH]1. The molecule has 0 aromatic carbocycles. The minimum Gasteiger partial charge on any atom is -0.325 e. The van der Waals surface area contributed by atoms with Crippen LogP contribution >= 0.6 is 11.3 Å². The summed E-state index contributed by atoms with van der Waals surface area (Å²) < 4.78 is 0.842. The molecular formula is C12H15NOS. The van der Waals surface area contributed by atoms with Crippen molar-refractivity contribution in [1.82, 2.24) is 4.98 Å². The standard InChI is InChI=1S/C12H15NOS/c1-2-3-4-5-10-8-9-6-7-15-11(9)12(14)13-10/h6-8H,2-5H2,1H3,(H,13,14). The summed E-state index contributed by atoms with van der Waals surface area (Å²) >= 11 is 1.51. The van der Waals surface area contributed by atoms with Crippen molar-refractivity contribution in [2.24, 2.45) is 0 Å². The number of aryl methyl sites for hydroxylation is 1. The molecule has 0 spiro atoms. The molecule has 2 nitrogen and oxygen atoms in total. The highest BCUT2D eigenvalue weighted by Gasteiger charge is 2.02. The predicted molar refractivity (Wildman–Crippen MR) is 65.7 cm³/mol. The van der Waals surface area contributed by atoms with Crippen LogP contribution in [-0.2, 0) is 6.42 Å².